The van der Waals surface area contributed by atoms with Crippen molar-refractivity contribution in [2.75, 3.05) is 38.5 Å². The summed E-state index contributed by atoms with van der Waals surface area (Å²) in [6, 6.07) is 8.99. The van der Waals surface area contributed by atoms with E-state index in [0.29, 0.717) is 0 Å². The van der Waals surface area contributed by atoms with Crippen LogP contribution in [0.3, 0.4) is 0 Å². The summed E-state index contributed by atoms with van der Waals surface area (Å²) in [5.41, 5.74) is 2.80. The summed E-state index contributed by atoms with van der Waals surface area (Å²) >= 11 is 4.27. The predicted octanol–water partition coefficient (Wildman–Crippen LogP) is 4.38. The highest BCUT2D eigenvalue weighted by Crippen LogP contribution is 2.11. The molecule has 1 aromatic rings. The zero-order valence-electron chi connectivity index (χ0n) is 14.8. The molecule has 1 heterocycles. The number of thiol groups is 1. The first-order valence-corrected chi connectivity index (χ1v) is 10.0. The van der Waals surface area contributed by atoms with E-state index in [-0.39, 0.29) is 0 Å². The lowest BCUT2D eigenvalue weighted by Crippen LogP contribution is -2.46. The summed E-state index contributed by atoms with van der Waals surface area (Å²) in [5, 5.41) is 0. The maximum absolute atomic E-state index is 4.27. The molecule has 0 radical (unpaired) electrons. The molecule has 1 aliphatic heterocycles. The van der Waals surface area contributed by atoms with E-state index in [9.17, 15) is 0 Å². The van der Waals surface area contributed by atoms with Gasteiger partial charge in [-0.2, -0.15) is 12.6 Å². The summed E-state index contributed by atoms with van der Waals surface area (Å²) < 4.78 is 0. The third-order valence-electron chi connectivity index (χ3n) is 4.87. The molecule has 0 aromatic heterocycles. The predicted molar refractivity (Wildman–Crippen MR) is 104 cm³/mol. The van der Waals surface area contributed by atoms with Crippen LogP contribution in [0.5, 0.6) is 0 Å². The first kappa shape index (κ1) is 18.8. The molecule has 2 rings (SSSR count). The van der Waals surface area contributed by atoms with E-state index in [2.05, 4.69) is 53.6 Å². The van der Waals surface area contributed by atoms with Gasteiger partial charge >= 0.3 is 0 Å². The monoisotopic (exact) mass is 334 g/mol. The maximum Gasteiger partial charge on any atom is 0.0234 e. The third-order valence-corrected chi connectivity index (χ3v) is 5.19. The number of hydrogen-bond donors (Lipinski definition) is 1. The van der Waals surface area contributed by atoms with Gasteiger partial charge in [0.25, 0.3) is 0 Å². The lowest BCUT2D eigenvalue weighted by Gasteiger charge is -2.34. The molecule has 0 atom stereocenters. The third kappa shape index (κ3) is 7.73. The number of benzene rings is 1. The van der Waals surface area contributed by atoms with Crippen molar-refractivity contribution in [1.82, 2.24) is 9.80 Å². The molecule has 1 aromatic carbocycles. The quantitative estimate of drug-likeness (QED) is 0.501. The van der Waals surface area contributed by atoms with Gasteiger partial charge in [-0.3, -0.25) is 4.90 Å². The van der Waals surface area contributed by atoms with Gasteiger partial charge in [-0.05, 0) is 37.6 Å². The summed E-state index contributed by atoms with van der Waals surface area (Å²) in [7, 11) is 0. The Balaban J connectivity index is 1.53. The number of nitrogens with zero attached hydrogens (tertiary/aromatic N) is 2. The Hall–Kier alpha value is -0.510. The van der Waals surface area contributed by atoms with Crippen LogP contribution in [0, 0.1) is 6.92 Å². The van der Waals surface area contributed by atoms with Crippen LogP contribution in [0.25, 0.3) is 0 Å². The Morgan fingerprint density at radius 2 is 1.35 bits per heavy atom. The Kier molecular flexibility index (Phi) is 9.10. The van der Waals surface area contributed by atoms with Gasteiger partial charge in [-0.25, -0.2) is 0 Å². The molecule has 1 aliphatic rings. The fraction of sp³-hybridized carbons (Fsp3) is 0.700. The number of piperazine rings is 1. The smallest absolute Gasteiger partial charge is 0.0234 e. The van der Waals surface area contributed by atoms with Crippen molar-refractivity contribution in [3.8, 4) is 0 Å². The minimum absolute atomic E-state index is 1.05. The Labute approximate surface area is 148 Å². The van der Waals surface area contributed by atoms with Gasteiger partial charge in [-0.15, -0.1) is 0 Å². The first-order chi connectivity index (χ1) is 11.3. The molecule has 0 amide bonds. The molecule has 1 fully saturated rings. The summed E-state index contributed by atoms with van der Waals surface area (Å²) in [6.45, 7) is 9.48. The molecule has 0 unspecified atom stereocenters. The van der Waals surface area contributed by atoms with Crippen LogP contribution in [0.1, 0.15) is 49.7 Å². The van der Waals surface area contributed by atoms with Gasteiger partial charge in [0.1, 0.15) is 0 Å². The Morgan fingerprint density at radius 1 is 0.783 bits per heavy atom. The van der Waals surface area contributed by atoms with Crippen molar-refractivity contribution in [1.29, 1.82) is 0 Å². The number of rotatable bonds is 10. The fourth-order valence-electron chi connectivity index (χ4n) is 3.28. The van der Waals surface area contributed by atoms with Crippen LogP contribution in [0.4, 0.5) is 0 Å². The fourth-order valence-corrected chi connectivity index (χ4v) is 3.50. The first-order valence-electron chi connectivity index (χ1n) is 9.39. The lowest BCUT2D eigenvalue weighted by molar-refractivity contribution is 0.125. The molecule has 0 aliphatic carbocycles. The second-order valence-corrected chi connectivity index (χ2v) is 7.40. The van der Waals surface area contributed by atoms with E-state index in [0.717, 1.165) is 12.3 Å². The molecule has 2 nitrogen and oxygen atoms in total. The molecule has 0 saturated carbocycles. The molecule has 3 heteroatoms. The summed E-state index contributed by atoms with van der Waals surface area (Å²) in [6.07, 6.45) is 8.22. The Morgan fingerprint density at radius 3 is 2.00 bits per heavy atom. The van der Waals surface area contributed by atoms with Crippen molar-refractivity contribution in [3.05, 3.63) is 35.4 Å². The lowest BCUT2D eigenvalue weighted by atomic mass is 10.1. The van der Waals surface area contributed by atoms with Crippen LogP contribution >= 0.6 is 12.6 Å². The van der Waals surface area contributed by atoms with Crippen LogP contribution in [0.15, 0.2) is 24.3 Å². The number of aryl methyl sites for hydroxylation is 1. The van der Waals surface area contributed by atoms with E-state index in [1.165, 1.54) is 82.4 Å². The van der Waals surface area contributed by atoms with Gasteiger partial charge in [0.2, 0.25) is 0 Å². The molecule has 0 bridgehead atoms. The zero-order valence-corrected chi connectivity index (χ0v) is 15.7. The number of unbranched alkanes of at least 4 members (excludes halogenated alkanes) is 5. The van der Waals surface area contributed by atoms with Crippen molar-refractivity contribution in [2.24, 2.45) is 0 Å². The van der Waals surface area contributed by atoms with Crippen LogP contribution < -0.4 is 0 Å². The van der Waals surface area contributed by atoms with E-state index >= 15 is 0 Å². The summed E-state index contributed by atoms with van der Waals surface area (Å²) in [5.74, 6) is 1.05. The largest absolute Gasteiger partial charge is 0.301 e. The molecule has 130 valence electrons. The van der Waals surface area contributed by atoms with Gasteiger partial charge in [0.05, 0.1) is 0 Å². The summed E-state index contributed by atoms with van der Waals surface area (Å²) in [4.78, 5) is 5.25. The zero-order chi connectivity index (χ0) is 16.3. The molecule has 0 spiro atoms. The van der Waals surface area contributed by atoms with E-state index in [1.54, 1.807) is 0 Å². The standard InChI is InChI=1S/C20H34N2S/c1-19-8-10-20(11-9-19)18-22-15-13-21(14-16-22)12-6-4-2-3-5-7-17-23/h8-11,23H,2-7,12-18H2,1H3. The maximum atomic E-state index is 4.27. The van der Waals surface area contributed by atoms with Gasteiger partial charge in [0.15, 0.2) is 0 Å². The van der Waals surface area contributed by atoms with Crippen LogP contribution in [-0.2, 0) is 6.54 Å². The molecule has 23 heavy (non-hydrogen) atoms. The SMILES string of the molecule is Cc1ccc(CN2CCN(CCCCCCCCS)CC2)cc1. The topological polar surface area (TPSA) is 6.48 Å². The minimum atomic E-state index is 1.05. The second kappa shape index (κ2) is 11.1. The van der Waals surface area contributed by atoms with Crippen LogP contribution in [0.2, 0.25) is 0 Å². The number of hydrogen-bond acceptors (Lipinski definition) is 3. The van der Waals surface area contributed by atoms with Crippen LogP contribution in [-0.4, -0.2) is 48.3 Å². The second-order valence-electron chi connectivity index (χ2n) is 6.95. The molecule has 0 N–H and O–H groups in total. The minimum Gasteiger partial charge on any atom is -0.301 e. The van der Waals surface area contributed by atoms with Gasteiger partial charge in [-0.1, -0.05) is 55.5 Å². The van der Waals surface area contributed by atoms with Crippen molar-refractivity contribution < 1.29 is 0 Å². The van der Waals surface area contributed by atoms with Gasteiger partial charge < -0.3 is 4.90 Å². The average Bonchev–Trinajstić information content (AvgIpc) is 2.58. The van der Waals surface area contributed by atoms with Crippen molar-refractivity contribution in [3.63, 3.8) is 0 Å². The highest BCUT2D eigenvalue weighted by molar-refractivity contribution is 7.80. The van der Waals surface area contributed by atoms with E-state index in [4.69, 9.17) is 0 Å². The van der Waals surface area contributed by atoms with Crippen molar-refractivity contribution in [2.45, 2.75) is 52.0 Å². The molecule has 1 saturated heterocycles. The normalized spacial score (nSPS) is 16.8. The highest BCUT2D eigenvalue weighted by Gasteiger charge is 2.16. The van der Waals surface area contributed by atoms with Gasteiger partial charge in [0, 0.05) is 32.7 Å². The Bertz CT molecular complexity index is 410. The highest BCUT2D eigenvalue weighted by atomic mass is 32.1. The van der Waals surface area contributed by atoms with E-state index < -0.39 is 0 Å². The van der Waals surface area contributed by atoms with Crippen molar-refractivity contribution >= 4 is 12.6 Å². The molecular formula is C20H34N2S. The molecular weight excluding hydrogens is 300 g/mol. The van der Waals surface area contributed by atoms with E-state index in [1.807, 2.05) is 0 Å². The average molecular weight is 335 g/mol.